The molecule has 1 heterocycles. The van der Waals surface area contributed by atoms with Crippen molar-refractivity contribution in [2.75, 3.05) is 7.11 Å². The van der Waals surface area contributed by atoms with E-state index < -0.39 is 0 Å². The molecule has 4 heteroatoms. The van der Waals surface area contributed by atoms with Crippen molar-refractivity contribution in [1.29, 1.82) is 0 Å². The summed E-state index contributed by atoms with van der Waals surface area (Å²) in [6, 6.07) is 8.12. The van der Waals surface area contributed by atoms with Crippen LogP contribution < -0.4 is 4.74 Å². The Morgan fingerprint density at radius 3 is 2.95 bits per heavy atom. The largest absolute Gasteiger partial charge is 0.497 e. The van der Waals surface area contributed by atoms with Gasteiger partial charge < -0.3 is 14.7 Å². The number of carbonyl (C=O) groups is 1. The zero-order chi connectivity index (χ0) is 15.9. The fourth-order valence-corrected chi connectivity index (χ4v) is 3.14. The van der Waals surface area contributed by atoms with Crippen molar-refractivity contribution in [3.05, 3.63) is 29.8 Å². The molecule has 0 aromatic heterocycles. The Balaban J connectivity index is 1.95. The van der Waals surface area contributed by atoms with E-state index in [4.69, 9.17) is 4.74 Å². The smallest absolute Gasteiger partial charge is 0.223 e. The summed E-state index contributed by atoms with van der Waals surface area (Å²) in [5, 5.41) is 9.90. The minimum Gasteiger partial charge on any atom is -0.497 e. The second-order valence-electron chi connectivity index (χ2n) is 6.09. The predicted molar refractivity (Wildman–Crippen MR) is 86.7 cm³/mol. The Morgan fingerprint density at radius 2 is 2.23 bits per heavy atom. The number of likely N-dealkylation sites (tertiary alicyclic amines) is 1. The first kappa shape index (κ1) is 16.8. The van der Waals surface area contributed by atoms with Crippen LogP contribution in [-0.2, 0) is 11.3 Å². The number of aliphatic hydroxyl groups is 1. The summed E-state index contributed by atoms with van der Waals surface area (Å²) in [4.78, 5) is 14.1. The van der Waals surface area contributed by atoms with Crippen LogP contribution >= 0.6 is 0 Å². The van der Waals surface area contributed by atoms with Gasteiger partial charge in [0, 0.05) is 19.0 Å². The molecule has 22 heavy (non-hydrogen) atoms. The SMILES string of the molecule is CCCC(O)CCC1CCC(=O)N1Cc1cccc(OC)c1. The van der Waals surface area contributed by atoms with E-state index in [-0.39, 0.29) is 18.1 Å². The summed E-state index contributed by atoms with van der Waals surface area (Å²) in [6.45, 7) is 2.71. The average Bonchev–Trinajstić information content (AvgIpc) is 2.86. The number of hydrogen-bond donors (Lipinski definition) is 1. The highest BCUT2D eigenvalue weighted by molar-refractivity contribution is 5.78. The van der Waals surface area contributed by atoms with E-state index in [9.17, 15) is 9.90 Å². The molecule has 1 aliphatic rings. The van der Waals surface area contributed by atoms with Crippen LogP contribution in [0.4, 0.5) is 0 Å². The van der Waals surface area contributed by atoms with Crippen LogP contribution in [-0.4, -0.2) is 35.2 Å². The molecular formula is C18H27NO3. The van der Waals surface area contributed by atoms with E-state index in [2.05, 4.69) is 6.92 Å². The van der Waals surface area contributed by atoms with Crippen molar-refractivity contribution in [3.63, 3.8) is 0 Å². The zero-order valence-electron chi connectivity index (χ0n) is 13.6. The standard InChI is InChI=1S/C18H27NO3/c1-3-5-16(20)10-8-15-9-11-18(21)19(15)13-14-6-4-7-17(12-14)22-2/h4,6-7,12,15-16,20H,3,5,8-11,13H2,1-2H3. The molecule has 1 N–H and O–H groups in total. The van der Waals surface area contributed by atoms with Crippen molar-refractivity contribution in [3.8, 4) is 5.75 Å². The highest BCUT2D eigenvalue weighted by Crippen LogP contribution is 2.26. The first-order valence-electron chi connectivity index (χ1n) is 8.24. The fraction of sp³-hybridized carbons (Fsp3) is 0.611. The molecule has 0 spiro atoms. The fourth-order valence-electron chi connectivity index (χ4n) is 3.14. The van der Waals surface area contributed by atoms with E-state index in [1.54, 1.807) is 7.11 Å². The number of amides is 1. The summed E-state index contributed by atoms with van der Waals surface area (Å²) in [5.74, 6) is 1.04. The molecular weight excluding hydrogens is 278 g/mol. The summed E-state index contributed by atoms with van der Waals surface area (Å²) in [7, 11) is 1.65. The molecule has 122 valence electrons. The quantitative estimate of drug-likeness (QED) is 0.803. The van der Waals surface area contributed by atoms with Crippen LogP contribution in [0.25, 0.3) is 0 Å². The average molecular weight is 305 g/mol. The Hall–Kier alpha value is -1.55. The monoisotopic (exact) mass is 305 g/mol. The maximum Gasteiger partial charge on any atom is 0.223 e. The first-order valence-corrected chi connectivity index (χ1v) is 8.24. The summed E-state index contributed by atoms with van der Waals surface area (Å²) >= 11 is 0. The third-order valence-electron chi connectivity index (χ3n) is 4.39. The number of benzene rings is 1. The lowest BCUT2D eigenvalue weighted by Crippen LogP contribution is -2.33. The van der Waals surface area contributed by atoms with Crippen LogP contribution in [0.2, 0.25) is 0 Å². The highest BCUT2D eigenvalue weighted by Gasteiger charge is 2.30. The summed E-state index contributed by atoms with van der Waals surface area (Å²) < 4.78 is 5.24. The number of aliphatic hydroxyl groups excluding tert-OH is 1. The number of ether oxygens (including phenoxy) is 1. The third-order valence-corrected chi connectivity index (χ3v) is 4.39. The molecule has 0 radical (unpaired) electrons. The number of hydrogen-bond acceptors (Lipinski definition) is 3. The molecule has 1 aromatic rings. The Morgan fingerprint density at radius 1 is 1.41 bits per heavy atom. The Labute approximate surface area is 133 Å². The van der Waals surface area contributed by atoms with Crippen molar-refractivity contribution in [1.82, 2.24) is 4.90 Å². The number of nitrogens with zero attached hydrogens (tertiary/aromatic N) is 1. The van der Waals surface area contributed by atoms with Gasteiger partial charge in [-0.2, -0.15) is 0 Å². The third kappa shape index (κ3) is 4.47. The molecule has 2 unspecified atom stereocenters. The second-order valence-corrected chi connectivity index (χ2v) is 6.09. The normalized spacial score (nSPS) is 19.5. The van der Waals surface area contributed by atoms with Gasteiger partial charge in [-0.05, 0) is 43.4 Å². The predicted octanol–water partition coefficient (Wildman–Crippen LogP) is 3.13. The van der Waals surface area contributed by atoms with Gasteiger partial charge in [-0.1, -0.05) is 25.5 Å². The Kier molecular flexibility index (Phi) is 6.25. The molecule has 2 rings (SSSR count). The van der Waals surface area contributed by atoms with Gasteiger partial charge in [-0.3, -0.25) is 4.79 Å². The molecule has 1 aliphatic heterocycles. The molecule has 0 bridgehead atoms. The van der Waals surface area contributed by atoms with Gasteiger partial charge in [0.05, 0.1) is 13.2 Å². The highest BCUT2D eigenvalue weighted by atomic mass is 16.5. The van der Waals surface area contributed by atoms with E-state index in [0.29, 0.717) is 13.0 Å². The Bertz CT molecular complexity index is 489. The van der Waals surface area contributed by atoms with Gasteiger partial charge in [-0.25, -0.2) is 0 Å². The maximum absolute atomic E-state index is 12.1. The van der Waals surface area contributed by atoms with E-state index in [0.717, 1.165) is 43.4 Å². The number of carbonyl (C=O) groups excluding carboxylic acids is 1. The molecule has 0 aliphatic carbocycles. The number of rotatable bonds is 8. The van der Waals surface area contributed by atoms with Gasteiger partial charge in [0.25, 0.3) is 0 Å². The first-order chi connectivity index (χ1) is 10.6. The lowest BCUT2D eigenvalue weighted by atomic mass is 10.0. The van der Waals surface area contributed by atoms with E-state index in [1.807, 2.05) is 29.2 Å². The van der Waals surface area contributed by atoms with Crippen LogP contribution in [0, 0.1) is 0 Å². The maximum atomic E-state index is 12.1. The lowest BCUT2D eigenvalue weighted by molar-refractivity contribution is -0.129. The molecule has 1 saturated heterocycles. The minimum atomic E-state index is -0.237. The number of methoxy groups -OCH3 is 1. The molecule has 0 saturated carbocycles. The van der Waals surface area contributed by atoms with Gasteiger partial charge in [0.15, 0.2) is 0 Å². The van der Waals surface area contributed by atoms with E-state index in [1.165, 1.54) is 0 Å². The minimum absolute atomic E-state index is 0.220. The van der Waals surface area contributed by atoms with Gasteiger partial charge in [-0.15, -0.1) is 0 Å². The van der Waals surface area contributed by atoms with Crippen molar-refractivity contribution in [2.45, 2.75) is 64.1 Å². The van der Waals surface area contributed by atoms with Crippen LogP contribution in [0.3, 0.4) is 0 Å². The van der Waals surface area contributed by atoms with Crippen LogP contribution in [0.15, 0.2) is 24.3 Å². The zero-order valence-corrected chi connectivity index (χ0v) is 13.6. The topological polar surface area (TPSA) is 49.8 Å². The molecule has 1 amide bonds. The molecule has 4 nitrogen and oxygen atoms in total. The van der Waals surface area contributed by atoms with Gasteiger partial charge in [0.2, 0.25) is 5.91 Å². The van der Waals surface area contributed by atoms with Gasteiger partial charge >= 0.3 is 0 Å². The second kappa shape index (κ2) is 8.18. The van der Waals surface area contributed by atoms with Crippen LogP contribution in [0.5, 0.6) is 5.75 Å². The lowest BCUT2D eigenvalue weighted by Gasteiger charge is -2.26. The van der Waals surface area contributed by atoms with E-state index >= 15 is 0 Å². The summed E-state index contributed by atoms with van der Waals surface area (Å²) in [6.07, 6.45) is 4.80. The van der Waals surface area contributed by atoms with Crippen molar-refractivity contribution in [2.24, 2.45) is 0 Å². The van der Waals surface area contributed by atoms with Crippen molar-refractivity contribution < 1.29 is 14.6 Å². The molecule has 1 fully saturated rings. The van der Waals surface area contributed by atoms with Gasteiger partial charge in [0.1, 0.15) is 5.75 Å². The van der Waals surface area contributed by atoms with Crippen molar-refractivity contribution >= 4 is 5.91 Å². The summed E-state index contributed by atoms with van der Waals surface area (Å²) in [5.41, 5.74) is 1.09. The molecule has 2 atom stereocenters. The van der Waals surface area contributed by atoms with Crippen LogP contribution in [0.1, 0.15) is 51.0 Å². The molecule has 1 aromatic carbocycles.